The summed E-state index contributed by atoms with van der Waals surface area (Å²) in [6.07, 6.45) is 0. The third kappa shape index (κ3) is 6.20. The third-order valence-corrected chi connectivity index (χ3v) is 2.58. The van der Waals surface area contributed by atoms with Crippen molar-refractivity contribution in [2.24, 2.45) is 11.5 Å². The van der Waals surface area contributed by atoms with Crippen molar-refractivity contribution in [3.05, 3.63) is 0 Å². The summed E-state index contributed by atoms with van der Waals surface area (Å²) in [6.45, 7) is 5.09. The molecule has 0 aromatic rings. The summed E-state index contributed by atoms with van der Waals surface area (Å²) in [7, 11) is 0. The zero-order chi connectivity index (χ0) is 11.1. The zero-order valence-electron chi connectivity index (χ0n) is 8.54. The van der Waals surface area contributed by atoms with Crippen LogP contribution in [-0.4, -0.2) is 35.2 Å². The van der Waals surface area contributed by atoms with Gasteiger partial charge < -0.3 is 22.1 Å². The van der Waals surface area contributed by atoms with Crippen LogP contribution in [0.1, 0.15) is 13.8 Å². The van der Waals surface area contributed by atoms with Crippen molar-refractivity contribution in [2.75, 3.05) is 13.1 Å². The van der Waals surface area contributed by atoms with Crippen molar-refractivity contribution < 1.29 is 0 Å². The highest BCUT2D eigenvalue weighted by atomic mass is 32.1. The topological polar surface area (TPSA) is 76.1 Å². The van der Waals surface area contributed by atoms with Crippen LogP contribution < -0.4 is 22.1 Å². The van der Waals surface area contributed by atoms with Crippen LogP contribution in [0.5, 0.6) is 0 Å². The second-order valence-electron chi connectivity index (χ2n) is 3.16. The molecule has 0 aromatic carbocycles. The molecule has 0 saturated heterocycles. The first-order valence-corrected chi connectivity index (χ1v) is 5.33. The molecule has 0 bridgehead atoms. The van der Waals surface area contributed by atoms with Crippen LogP contribution in [0.3, 0.4) is 0 Å². The fraction of sp³-hybridized carbons (Fsp3) is 0.750. The van der Waals surface area contributed by atoms with Gasteiger partial charge in [0.2, 0.25) is 0 Å². The van der Waals surface area contributed by atoms with Gasteiger partial charge in [-0.25, -0.2) is 0 Å². The zero-order valence-corrected chi connectivity index (χ0v) is 10.2. The molecule has 0 fully saturated rings. The van der Waals surface area contributed by atoms with Gasteiger partial charge in [-0.15, -0.1) is 0 Å². The first kappa shape index (κ1) is 13.7. The van der Waals surface area contributed by atoms with Crippen molar-refractivity contribution in [1.29, 1.82) is 0 Å². The van der Waals surface area contributed by atoms with Crippen molar-refractivity contribution in [2.45, 2.75) is 25.9 Å². The highest BCUT2D eigenvalue weighted by Gasteiger charge is 2.02. The van der Waals surface area contributed by atoms with E-state index in [4.69, 9.17) is 35.9 Å². The molecule has 0 aliphatic heterocycles. The molecule has 0 spiro atoms. The predicted molar refractivity (Wildman–Crippen MR) is 68.5 cm³/mol. The van der Waals surface area contributed by atoms with Crippen LogP contribution in [-0.2, 0) is 0 Å². The fourth-order valence-corrected chi connectivity index (χ4v) is 0.897. The number of rotatable bonds is 5. The van der Waals surface area contributed by atoms with Gasteiger partial charge in [0.15, 0.2) is 0 Å². The lowest BCUT2D eigenvalue weighted by molar-refractivity contribution is 0.780. The first-order valence-electron chi connectivity index (χ1n) is 4.51. The quantitative estimate of drug-likeness (QED) is 0.380. The lowest BCUT2D eigenvalue weighted by Crippen LogP contribution is -2.43. The Morgan fingerprint density at radius 3 is 1.50 bits per heavy atom. The van der Waals surface area contributed by atoms with Gasteiger partial charge in [-0.3, -0.25) is 0 Å². The van der Waals surface area contributed by atoms with E-state index in [0.717, 1.165) is 0 Å². The largest absolute Gasteiger partial charge is 0.377 e. The van der Waals surface area contributed by atoms with Crippen molar-refractivity contribution in [1.82, 2.24) is 10.6 Å². The fourth-order valence-electron chi connectivity index (χ4n) is 0.693. The molecule has 2 atom stereocenters. The lowest BCUT2D eigenvalue weighted by atomic mass is 10.3. The molecule has 0 rings (SSSR count). The van der Waals surface area contributed by atoms with Crippen molar-refractivity contribution >= 4 is 34.4 Å². The maximum atomic E-state index is 5.56. The van der Waals surface area contributed by atoms with Gasteiger partial charge in [0.05, 0.1) is 22.1 Å². The summed E-state index contributed by atoms with van der Waals surface area (Å²) in [5, 5.41) is 6.04. The lowest BCUT2D eigenvalue weighted by Gasteiger charge is -2.13. The van der Waals surface area contributed by atoms with E-state index >= 15 is 0 Å². The monoisotopic (exact) mass is 234 g/mol. The van der Waals surface area contributed by atoms with Crippen molar-refractivity contribution in [3.8, 4) is 0 Å². The van der Waals surface area contributed by atoms with Crippen LogP contribution in [0.2, 0.25) is 0 Å². The minimum absolute atomic E-state index is 0.106. The van der Waals surface area contributed by atoms with Crippen LogP contribution in [0, 0.1) is 0 Å². The standard InChI is InChI=1S/C8H18N4S2/c1-5(9)7(13)11-3-4-12-8(14)6(2)10/h5-6H,3-4,9-10H2,1-2H3,(H,11,13)(H,12,14). The summed E-state index contributed by atoms with van der Waals surface area (Å²) < 4.78 is 0. The average Bonchev–Trinajstić information content (AvgIpc) is 2.11. The van der Waals surface area contributed by atoms with E-state index in [2.05, 4.69) is 10.6 Å². The molecule has 14 heavy (non-hydrogen) atoms. The van der Waals surface area contributed by atoms with E-state index in [1.807, 2.05) is 13.8 Å². The molecular formula is C8H18N4S2. The van der Waals surface area contributed by atoms with Gasteiger partial charge in [0.1, 0.15) is 0 Å². The Hall–Kier alpha value is -0.300. The third-order valence-electron chi connectivity index (χ3n) is 1.55. The van der Waals surface area contributed by atoms with Crippen molar-refractivity contribution in [3.63, 3.8) is 0 Å². The summed E-state index contributed by atoms with van der Waals surface area (Å²) in [6, 6.07) is -0.212. The minimum Gasteiger partial charge on any atom is -0.377 e. The summed E-state index contributed by atoms with van der Waals surface area (Å²) in [5.41, 5.74) is 11.1. The molecule has 0 radical (unpaired) electrons. The van der Waals surface area contributed by atoms with Crippen LogP contribution in [0.4, 0.5) is 0 Å². The molecule has 0 amide bonds. The Kier molecular flexibility index (Phi) is 6.90. The van der Waals surface area contributed by atoms with E-state index in [9.17, 15) is 0 Å². The van der Waals surface area contributed by atoms with E-state index in [1.165, 1.54) is 0 Å². The Morgan fingerprint density at radius 2 is 1.29 bits per heavy atom. The molecule has 6 N–H and O–H groups in total. The van der Waals surface area contributed by atoms with Crippen LogP contribution in [0.25, 0.3) is 0 Å². The first-order chi connectivity index (χ1) is 6.45. The number of nitrogens with two attached hydrogens (primary N) is 2. The summed E-state index contributed by atoms with van der Waals surface area (Å²) in [4.78, 5) is 1.33. The predicted octanol–water partition coefficient (Wildman–Crippen LogP) is -0.485. The van der Waals surface area contributed by atoms with Gasteiger partial charge in [-0.1, -0.05) is 24.4 Å². The number of hydrogen-bond acceptors (Lipinski definition) is 4. The van der Waals surface area contributed by atoms with Gasteiger partial charge in [0.25, 0.3) is 0 Å². The van der Waals surface area contributed by atoms with Crippen LogP contribution in [0.15, 0.2) is 0 Å². The smallest absolute Gasteiger partial charge is 0.0921 e. The molecular weight excluding hydrogens is 216 g/mol. The SMILES string of the molecule is CC(N)C(=S)NCCNC(=S)C(C)N. The van der Waals surface area contributed by atoms with E-state index in [1.54, 1.807) is 0 Å². The van der Waals surface area contributed by atoms with Gasteiger partial charge >= 0.3 is 0 Å². The van der Waals surface area contributed by atoms with E-state index in [-0.39, 0.29) is 12.1 Å². The van der Waals surface area contributed by atoms with E-state index in [0.29, 0.717) is 23.1 Å². The maximum absolute atomic E-state index is 5.56. The second kappa shape index (κ2) is 7.05. The van der Waals surface area contributed by atoms with Crippen LogP contribution >= 0.6 is 24.4 Å². The molecule has 4 nitrogen and oxygen atoms in total. The summed E-state index contributed by atoms with van der Waals surface area (Å²) >= 11 is 9.97. The second-order valence-corrected chi connectivity index (χ2v) is 4.04. The summed E-state index contributed by atoms with van der Waals surface area (Å²) in [5.74, 6) is 0. The van der Waals surface area contributed by atoms with Gasteiger partial charge in [-0.05, 0) is 13.8 Å². The Morgan fingerprint density at radius 1 is 1.00 bits per heavy atom. The molecule has 0 aliphatic carbocycles. The molecule has 6 heteroatoms. The maximum Gasteiger partial charge on any atom is 0.0921 e. The minimum atomic E-state index is -0.106. The molecule has 0 aliphatic rings. The Labute approximate surface area is 95.8 Å². The number of thiocarbonyl (C=S) groups is 2. The highest BCUT2D eigenvalue weighted by Crippen LogP contribution is 1.80. The number of nitrogens with one attached hydrogen (secondary N) is 2. The molecule has 0 heterocycles. The Balaban J connectivity index is 3.48. The average molecular weight is 234 g/mol. The molecule has 0 saturated carbocycles. The normalized spacial score (nSPS) is 14.3. The molecule has 82 valence electrons. The van der Waals surface area contributed by atoms with E-state index < -0.39 is 0 Å². The van der Waals surface area contributed by atoms with Gasteiger partial charge in [0, 0.05) is 13.1 Å². The van der Waals surface area contributed by atoms with Gasteiger partial charge in [-0.2, -0.15) is 0 Å². The molecule has 0 aromatic heterocycles. The highest BCUT2D eigenvalue weighted by molar-refractivity contribution is 7.80. The molecule has 2 unspecified atom stereocenters. The Bertz CT molecular complexity index is 182. The number of hydrogen-bond donors (Lipinski definition) is 4.